The van der Waals surface area contributed by atoms with Crippen molar-refractivity contribution >= 4 is 28.5 Å². The Morgan fingerprint density at radius 3 is 2.60 bits per heavy atom. The summed E-state index contributed by atoms with van der Waals surface area (Å²) in [6.07, 6.45) is 1.49. The second-order valence-electron chi connectivity index (χ2n) is 7.51. The first-order chi connectivity index (χ1) is 14.5. The number of aromatic nitrogens is 6. The predicted molar refractivity (Wildman–Crippen MR) is 111 cm³/mol. The molecule has 154 valence electrons. The third-order valence-electron chi connectivity index (χ3n) is 5.66. The van der Waals surface area contributed by atoms with Crippen LogP contribution in [0.2, 0.25) is 0 Å². The van der Waals surface area contributed by atoms with Gasteiger partial charge in [0.2, 0.25) is 5.91 Å². The Hall–Kier alpha value is -3.69. The standard InChI is InChI=1S/C20H22N8O2/c1-14-11-17(28-19(23-14)21-13-22-28)25-7-9-26(10-8-25)18(29)12-27-16-6-4-3-5-15(16)24(2)20(27)30/h3-6,11,13H,7-10,12H2,1-2H3. The van der Waals surface area contributed by atoms with Crippen molar-refractivity contribution in [3.05, 3.63) is 52.8 Å². The van der Waals surface area contributed by atoms with E-state index in [2.05, 4.69) is 20.0 Å². The zero-order valence-electron chi connectivity index (χ0n) is 16.9. The van der Waals surface area contributed by atoms with Crippen LogP contribution >= 0.6 is 0 Å². The number of carbonyl (C=O) groups excluding carboxylic acids is 1. The molecule has 3 aromatic heterocycles. The molecule has 0 N–H and O–H groups in total. The van der Waals surface area contributed by atoms with Gasteiger partial charge in [0, 0.05) is 45.0 Å². The third kappa shape index (κ3) is 2.92. The maximum atomic E-state index is 12.9. The number of amides is 1. The molecule has 10 heteroatoms. The number of fused-ring (bicyclic) bond motifs is 2. The molecule has 10 nitrogen and oxygen atoms in total. The van der Waals surface area contributed by atoms with Crippen LogP contribution in [0.15, 0.2) is 41.5 Å². The second-order valence-corrected chi connectivity index (χ2v) is 7.51. The van der Waals surface area contributed by atoms with Crippen LogP contribution in [0.4, 0.5) is 5.82 Å². The summed E-state index contributed by atoms with van der Waals surface area (Å²) < 4.78 is 4.85. The maximum absolute atomic E-state index is 12.9. The number of hydrogen-bond donors (Lipinski definition) is 0. The molecule has 0 aliphatic carbocycles. The number of anilines is 1. The van der Waals surface area contributed by atoms with Crippen molar-refractivity contribution in [3.63, 3.8) is 0 Å². The molecule has 4 aromatic rings. The van der Waals surface area contributed by atoms with Gasteiger partial charge in [0.05, 0.1) is 11.0 Å². The van der Waals surface area contributed by atoms with Crippen LogP contribution in [0.5, 0.6) is 0 Å². The lowest BCUT2D eigenvalue weighted by molar-refractivity contribution is -0.132. The Bertz CT molecular complexity index is 1310. The quantitative estimate of drug-likeness (QED) is 0.490. The van der Waals surface area contributed by atoms with Gasteiger partial charge >= 0.3 is 5.69 Å². The van der Waals surface area contributed by atoms with Gasteiger partial charge < -0.3 is 9.80 Å². The Morgan fingerprint density at radius 2 is 1.83 bits per heavy atom. The van der Waals surface area contributed by atoms with Gasteiger partial charge in [-0.15, -0.1) is 0 Å². The summed E-state index contributed by atoms with van der Waals surface area (Å²) >= 11 is 0. The van der Waals surface area contributed by atoms with Crippen molar-refractivity contribution < 1.29 is 4.79 Å². The van der Waals surface area contributed by atoms with Crippen LogP contribution < -0.4 is 10.6 Å². The molecule has 1 saturated heterocycles. The minimum atomic E-state index is -0.177. The molecule has 0 unspecified atom stereocenters. The number of aryl methyl sites for hydroxylation is 2. The number of rotatable bonds is 3. The Kier molecular flexibility index (Phi) is 4.27. The molecule has 0 spiro atoms. The average Bonchev–Trinajstić information content (AvgIpc) is 3.32. The minimum absolute atomic E-state index is 0.0435. The largest absolute Gasteiger partial charge is 0.353 e. The van der Waals surface area contributed by atoms with E-state index in [1.807, 2.05) is 42.2 Å². The van der Waals surface area contributed by atoms with E-state index in [-0.39, 0.29) is 18.1 Å². The number of piperazine rings is 1. The Morgan fingerprint density at radius 1 is 1.10 bits per heavy atom. The molecule has 1 aliphatic rings. The van der Waals surface area contributed by atoms with Gasteiger partial charge in [0.25, 0.3) is 5.78 Å². The van der Waals surface area contributed by atoms with Gasteiger partial charge in [-0.05, 0) is 19.1 Å². The summed E-state index contributed by atoms with van der Waals surface area (Å²) in [5, 5.41) is 4.27. The van der Waals surface area contributed by atoms with Gasteiger partial charge in [0.1, 0.15) is 18.7 Å². The number of imidazole rings is 1. The molecule has 5 rings (SSSR count). The van der Waals surface area contributed by atoms with E-state index < -0.39 is 0 Å². The number of para-hydroxylation sites is 2. The number of nitrogens with zero attached hydrogens (tertiary/aromatic N) is 8. The van der Waals surface area contributed by atoms with Crippen LogP contribution in [0.3, 0.4) is 0 Å². The van der Waals surface area contributed by atoms with Gasteiger partial charge in [-0.25, -0.2) is 9.78 Å². The number of carbonyl (C=O) groups is 1. The lowest BCUT2D eigenvalue weighted by Gasteiger charge is -2.36. The first kappa shape index (κ1) is 18.3. The molecule has 1 aromatic carbocycles. The number of benzene rings is 1. The van der Waals surface area contributed by atoms with Crippen LogP contribution in [0.1, 0.15) is 5.69 Å². The summed E-state index contributed by atoms with van der Waals surface area (Å²) in [4.78, 5) is 38.1. The van der Waals surface area contributed by atoms with E-state index in [0.29, 0.717) is 32.0 Å². The van der Waals surface area contributed by atoms with E-state index in [1.54, 1.807) is 20.7 Å². The molecular weight excluding hydrogens is 384 g/mol. The number of hydrogen-bond acceptors (Lipinski definition) is 6. The summed E-state index contributed by atoms with van der Waals surface area (Å²) in [5.74, 6) is 1.44. The Labute approximate surface area is 172 Å². The Balaban J connectivity index is 1.33. The fraction of sp³-hybridized carbons (Fsp3) is 0.350. The molecule has 0 atom stereocenters. The minimum Gasteiger partial charge on any atom is -0.353 e. The smallest absolute Gasteiger partial charge is 0.329 e. The molecule has 1 amide bonds. The van der Waals surface area contributed by atoms with E-state index in [9.17, 15) is 9.59 Å². The van der Waals surface area contributed by atoms with E-state index in [4.69, 9.17) is 0 Å². The predicted octanol–water partition coefficient (Wildman–Crippen LogP) is 0.435. The highest BCUT2D eigenvalue weighted by atomic mass is 16.2. The van der Waals surface area contributed by atoms with Gasteiger partial charge in [-0.1, -0.05) is 12.1 Å². The SMILES string of the molecule is Cc1cc(N2CCN(C(=O)Cn3c(=O)n(C)c4ccccc43)CC2)n2ncnc2n1. The topological polar surface area (TPSA) is 93.6 Å². The van der Waals surface area contributed by atoms with E-state index in [0.717, 1.165) is 22.5 Å². The van der Waals surface area contributed by atoms with Crippen LogP contribution in [-0.4, -0.2) is 65.7 Å². The zero-order valence-corrected chi connectivity index (χ0v) is 16.9. The second kappa shape index (κ2) is 6.97. The van der Waals surface area contributed by atoms with Crippen LogP contribution in [0, 0.1) is 6.92 Å². The lowest BCUT2D eigenvalue weighted by Crippen LogP contribution is -2.50. The molecule has 1 fully saturated rings. The van der Waals surface area contributed by atoms with Gasteiger partial charge in [-0.2, -0.15) is 14.6 Å². The lowest BCUT2D eigenvalue weighted by atomic mass is 10.3. The van der Waals surface area contributed by atoms with Crippen LogP contribution in [0.25, 0.3) is 16.8 Å². The maximum Gasteiger partial charge on any atom is 0.329 e. The molecule has 1 aliphatic heterocycles. The first-order valence-corrected chi connectivity index (χ1v) is 9.87. The highest BCUT2D eigenvalue weighted by Gasteiger charge is 2.24. The van der Waals surface area contributed by atoms with E-state index in [1.165, 1.54) is 6.33 Å². The van der Waals surface area contributed by atoms with Crippen molar-refractivity contribution in [2.45, 2.75) is 13.5 Å². The summed E-state index contributed by atoms with van der Waals surface area (Å²) in [6.45, 7) is 4.48. The molecule has 30 heavy (non-hydrogen) atoms. The van der Waals surface area contributed by atoms with Crippen molar-refractivity contribution in [1.82, 2.24) is 33.6 Å². The van der Waals surface area contributed by atoms with Crippen LogP contribution in [-0.2, 0) is 18.4 Å². The van der Waals surface area contributed by atoms with E-state index >= 15 is 0 Å². The average molecular weight is 406 g/mol. The summed E-state index contributed by atoms with van der Waals surface area (Å²) in [7, 11) is 1.73. The third-order valence-corrected chi connectivity index (χ3v) is 5.66. The fourth-order valence-electron chi connectivity index (χ4n) is 4.07. The molecule has 4 heterocycles. The van der Waals surface area contributed by atoms with Gasteiger partial charge in [-0.3, -0.25) is 13.9 Å². The first-order valence-electron chi connectivity index (χ1n) is 9.87. The summed E-state index contributed by atoms with van der Waals surface area (Å²) in [5.41, 5.74) is 2.30. The molecular formula is C20H22N8O2. The molecule has 0 bridgehead atoms. The van der Waals surface area contributed by atoms with Crippen molar-refractivity contribution in [2.24, 2.45) is 7.05 Å². The normalized spacial score (nSPS) is 14.7. The fourth-order valence-corrected chi connectivity index (χ4v) is 4.07. The molecule has 0 saturated carbocycles. The summed E-state index contributed by atoms with van der Waals surface area (Å²) in [6, 6.07) is 9.51. The van der Waals surface area contributed by atoms with Crippen molar-refractivity contribution in [1.29, 1.82) is 0 Å². The molecule has 0 radical (unpaired) electrons. The van der Waals surface area contributed by atoms with Gasteiger partial charge in [0.15, 0.2) is 0 Å². The van der Waals surface area contributed by atoms with Crippen molar-refractivity contribution in [2.75, 3.05) is 31.1 Å². The highest BCUT2D eigenvalue weighted by molar-refractivity contribution is 5.81. The highest BCUT2D eigenvalue weighted by Crippen LogP contribution is 2.18. The van der Waals surface area contributed by atoms with Crippen molar-refractivity contribution in [3.8, 4) is 0 Å². The zero-order chi connectivity index (χ0) is 20.8. The monoisotopic (exact) mass is 406 g/mol.